The van der Waals surface area contributed by atoms with E-state index in [2.05, 4.69) is 26.5 Å². The smallest absolute Gasteiger partial charge is 0.267 e. The van der Waals surface area contributed by atoms with Crippen LogP contribution in [0.2, 0.25) is 0 Å². The second kappa shape index (κ2) is 8.84. The lowest BCUT2D eigenvalue weighted by atomic mass is 10.0. The highest BCUT2D eigenvalue weighted by atomic mass is 79.9. The zero-order valence-electron chi connectivity index (χ0n) is 15.8. The van der Waals surface area contributed by atoms with E-state index in [0.29, 0.717) is 19.5 Å². The normalized spacial score (nSPS) is 21.5. The van der Waals surface area contributed by atoms with Crippen LogP contribution >= 0.6 is 15.9 Å². The van der Waals surface area contributed by atoms with Gasteiger partial charge >= 0.3 is 0 Å². The van der Waals surface area contributed by atoms with Crippen LogP contribution in [-0.4, -0.2) is 58.7 Å². The Morgan fingerprint density at radius 1 is 1.26 bits per heavy atom. The number of nitrogens with zero attached hydrogens (tertiary/aromatic N) is 4. The highest BCUT2D eigenvalue weighted by molar-refractivity contribution is 9.10. The SMILES string of the molecule is CCCN(CCC)C(=O)CN1N=CN2NC(c3ccc(Br)cc3)CC2C1=O. The third kappa shape index (κ3) is 4.50. The topological polar surface area (TPSA) is 68.2 Å². The van der Waals surface area contributed by atoms with E-state index in [1.807, 2.05) is 43.0 Å². The van der Waals surface area contributed by atoms with Gasteiger partial charge in [-0.15, -0.1) is 0 Å². The largest absolute Gasteiger partial charge is 0.341 e. The Balaban J connectivity index is 1.64. The molecule has 2 heterocycles. The number of carbonyl (C=O) groups is 2. The number of amides is 2. The molecular formula is C19H26BrN5O2. The zero-order valence-corrected chi connectivity index (χ0v) is 17.4. The zero-order chi connectivity index (χ0) is 19.4. The third-order valence-electron chi connectivity index (χ3n) is 4.85. The van der Waals surface area contributed by atoms with Crippen molar-refractivity contribution < 1.29 is 9.59 Å². The van der Waals surface area contributed by atoms with Crippen LogP contribution in [0.1, 0.15) is 44.7 Å². The first-order valence-electron chi connectivity index (χ1n) is 9.46. The molecule has 1 aromatic rings. The highest BCUT2D eigenvalue weighted by Crippen LogP contribution is 2.30. The summed E-state index contributed by atoms with van der Waals surface area (Å²) in [4.78, 5) is 27.2. The lowest BCUT2D eigenvalue weighted by molar-refractivity contribution is -0.143. The molecule has 1 N–H and O–H groups in total. The Hall–Kier alpha value is -1.93. The molecule has 2 aliphatic rings. The van der Waals surface area contributed by atoms with Crippen molar-refractivity contribution in [1.29, 1.82) is 0 Å². The molecule has 0 radical (unpaired) electrons. The molecule has 0 bridgehead atoms. The van der Waals surface area contributed by atoms with E-state index < -0.39 is 0 Å². The van der Waals surface area contributed by atoms with Gasteiger partial charge in [0.15, 0.2) is 0 Å². The number of halogens is 1. The van der Waals surface area contributed by atoms with Crippen LogP contribution in [0, 0.1) is 0 Å². The number of rotatable bonds is 7. The van der Waals surface area contributed by atoms with Crippen LogP contribution in [0.3, 0.4) is 0 Å². The molecule has 8 heteroatoms. The molecule has 2 aliphatic heterocycles. The Labute approximate surface area is 168 Å². The van der Waals surface area contributed by atoms with Crippen molar-refractivity contribution in [3.05, 3.63) is 34.3 Å². The molecular weight excluding hydrogens is 410 g/mol. The summed E-state index contributed by atoms with van der Waals surface area (Å²) in [5.41, 5.74) is 4.44. The first kappa shape index (κ1) is 19.8. The average Bonchev–Trinajstić information content (AvgIpc) is 3.09. The molecule has 2 atom stereocenters. The number of nitrogens with one attached hydrogen (secondary N) is 1. The van der Waals surface area contributed by atoms with Gasteiger partial charge in [0.05, 0.1) is 6.04 Å². The van der Waals surface area contributed by atoms with E-state index in [1.54, 1.807) is 11.3 Å². The Bertz CT molecular complexity index is 703. The minimum absolute atomic E-state index is 0.00260. The summed E-state index contributed by atoms with van der Waals surface area (Å²) >= 11 is 3.44. The van der Waals surface area contributed by atoms with E-state index in [0.717, 1.165) is 22.9 Å². The highest BCUT2D eigenvalue weighted by Gasteiger charge is 2.41. The maximum Gasteiger partial charge on any atom is 0.267 e. The minimum atomic E-state index is -0.338. The standard InChI is InChI=1S/C19H26BrN5O2/c1-3-9-23(10-4-2)18(26)12-24-19(27)17-11-16(22-25(17)13-21-24)14-5-7-15(20)8-6-14/h5-8,13,16-17,22H,3-4,9-12H2,1-2H3. The van der Waals surface area contributed by atoms with Crippen LogP contribution in [0.15, 0.2) is 33.8 Å². The fourth-order valence-corrected chi connectivity index (χ4v) is 3.76. The molecule has 0 aromatic heterocycles. The molecule has 146 valence electrons. The van der Waals surface area contributed by atoms with Crippen molar-refractivity contribution in [2.45, 2.75) is 45.2 Å². The van der Waals surface area contributed by atoms with Crippen molar-refractivity contribution >= 4 is 34.1 Å². The van der Waals surface area contributed by atoms with Crippen LogP contribution in [0.4, 0.5) is 0 Å². The first-order chi connectivity index (χ1) is 13.0. The summed E-state index contributed by atoms with van der Waals surface area (Å²) in [7, 11) is 0. The third-order valence-corrected chi connectivity index (χ3v) is 5.38. The van der Waals surface area contributed by atoms with Crippen molar-refractivity contribution in [2.24, 2.45) is 5.10 Å². The van der Waals surface area contributed by atoms with E-state index >= 15 is 0 Å². The molecule has 0 spiro atoms. The van der Waals surface area contributed by atoms with Gasteiger partial charge in [0.2, 0.25) is 5.91 Å². The molecule has 3 rings (SSSR count). The van der Waals surface area contributed by atoms with Gasteiger partial charge < -0.3 is 4.90 Å². The van der Waals surface area contributed by atoms with Crippen LogP contribution in [0.25, 0.3) is 0 Å². The van der Waals surface area contributed by atoms with Crippen molar-refractivity contribution in [3.63, 3.8) is 0 Å². The lowest BCUT2D eigenvalue weighted by Gasteiger charge is -2.31. The summed E-state index contributed by atoms with van der Waals surface area (Å²) in [6.07, 6.45) is 4.06. The van der Waals surface area contributed by atoms with Crippen LogP contribution < -0.4 is 5.43 Å². The summed E-state index contributed by atoms with van der Waals surface area (Å²) in [6, 6.07) is 7.77. The fourth-order valence-electron chi connectivity index (χ4n) is 3.49. The molecule has 0 saturated carbocycles. The number of benzene rings is 1. The molecule has 7 nitrogen and oxygen atoms in total. The van der Waals surface area contributed by atoms with Crippen molar-refractivity contribution in [3.8, 4) is 0 Å². The van der Waals surface area contributed by atoms with Gasteiger partial charge in [0, 0.05) is 17.6 Å². The predicted molar refractivity (Wildman–Crippen MR) is 108 cm³/mol. The van der Waals surface area contributed by atoms with E-state index in [4.69, 9.17) is 0 Å². The second-order valence-corrected chi connectivity index (χ2v) is 7.82. The second-order valence-electron chi connectivity index (χ2n) is 6.90. The van der Waals surface area contributed by atoms with Crippen LogP contribution in [-0.2, 0) is 9.59 Å². The van der Waals surface area contributed by atoms with E-state index in [-0.39, 0.29) is 30.4 Å². The lowest BCUT2D eigenvalue weighted by Crippen LogP contribution is -2.52. The Morgan fingerprint density at radius 3 is 2.56 bits per heavy atom. The van der Waals surface area contributed by atoms with Gasteiger partial charge in [0.25, 0.3) is 5.91 Å². The minimum Gasteiger partial charge on any atom is -0.341 e. The number of hydrogen-bond acceptors (Lipinski definition) is 5. The van der Waals surface area contributed by atoms with Gasteiger partial charge in [-0.05, 0) is 37.0 Å². The quantitative estimate of drug-likeness (QED) is 0.714. The number of hydrogen-bond donors (Lipinski definition) is 1. The monoisotopic (exact) mass is 435 g/mol. The maximum atomic E-state index is 12.9. The first-order valence-corrected chi connectivity index (χ1v) is 10.3. The predicted octanol–water partition coefficient (Wildman–Crippen LogP) is 2.50. The molecule has 27 heavy (non-hydrogen) atoms. The average molecular weight is 436 g/mol. The van der Waals surface area contributed by atoms with E-state index in [9.17, 15) is 9.59 Å². The maximum absolute atomic E-state index is 12.9. The fraction of sp³-hybridized carbons (Fsp3) is 0.526. The number of hydrazone groups is 1. The van der Waals surface area contributed by atoms with E-state index in [1.165, 1.54) is 5.01 Å². The van der Waals surface area contributed by atoms with Gasteiger partial charge in [-0.25, -0.2) is 10.4 Å². The molecule has 1 fully saturated rings. The molecule has 2 unspecified atom stereocenters. The van der Waals surface area contributed by atoms with Gasteiger partial charge in [0.1, 0.15) is 18.9 Å². The van der Waals surface area contributed by atoms with Gasteiger partial charge in [-0.2, -0.15) is 5.10 Å². The van der Waals surface area contributed by atoms with Gasteiger partial charge in [-0.1, -0.05) is 41.9 Å². The Morgan fingerprint density at radius 2 is 1.93 bits per heavy atom. The molecule has 1 aromatic carbocycles. The number of carbonyl (C=O) groups excluding carboxylic acids is 2. The summed E-state index contributed by atoms with van der Waals surface area (Å²) in [5, 5.41) is 7.27. The molecule has 1 saturated heterocycles. The summed E-state index contributed by atoms with van der Waals surface area (Å²) in [5.74, 6) is -0.182. The van der Waals surface area contributed by atoms with Crippen molar-refractivity contribution in [2.75, 3.05) is 19.6 Å². The van der Waals surface area contributed by atoms with Crippen molar-refractivity contribution in [1.82, 2.24) is 20.3 Å². The summed E-state index contributed by atoms with van der Waals surface area (Å²) < 4.78 is 1.02. The summed E-state index contributed by atoms with van der Waals surface area (Å²) in [6.45, 7) is 5.51. The molecule has 0 aliphatic carbocycles. The Kier molecular flexibility index (Phi) is 6.49. The van der Waals surface area contributed by atoms with Crippen LogP contribution in [0.5, 0.6) is 0 Å². The van der Waals surface area contributed by atoms with Gasteiger partial charge in [-0.3, -0.25) is 14.6 Å². The number of hydrazine groups is 1. The number of fused-ring (bicyclic) bond motifs is 1. The molecule has 2 amide bonds.